The highest BCUT2D eigenvalue weighted by Crippen LogP contribution is 2.14. The fourth-order valence-electron chi connectivity index (χ4n) is 2.16. The maximum atomic E-state index is 5.84. The first kappa shape index (κ1) is 13.6. The van der Waals surface area contributed by atoms with E-state index < -0.39 is 0 Å². The molecule has 0 saturated heterocycles. The van der Waals surface area contributed by atoms with E-state index in [4.69, 9.17) is 5.73 Å². The monoisotopic (exact) mass is 254 g/mol. The van der Waals surface area contributed by atoms with Crippen LogP contribution in [0.1, 0.15) is 25.0 Å². The van der Waals surface area contributed by atoms with Gasteiger partial charge in [-0.1, -0.05) is 42.5 Å². The number of hydrogen-bond donors (Lipinski definition) is 1. The van der Waals surface area contributed by atoms with E-state index in [2.05, 4.69) is 61.2 Å². The van der Waals surface area contributed by atoms with Crippen molar-refractivity contribution < 1.29 is 0 Å². The van der Waals surface area contributed by atoms with E-state index in [1.165, 1.54) is 11.1 Å². The van der Waals surface area contributed by atoms with Gasteiger partial charge < -0.3 is 5.73 Å². The smallest absolute Gasteiger partial charge is 0.0317 e. The van der Waals surface area contributed by atoms with Crippen LogP contribution in [0.5, 0.6) is 0 Å². The number of anilines is 1. The molecule has 0 amide bonds. The van der Waals surface area contributed by atoms with Gasteiger partial charge in [0.1, 0.15) is 0 Å². The summed E-state index contributed by atoms with van der Waals surface area (Å²) in [5, 5.41) is 0. The molecule has 2 aromatic rings. The summed E-state index contributed by atoms with van der Waals surface area (Å²) >= 11 is 0. The molecule has 0 saturated carbocycles. The minimum absolute atomic E-state index is 0.502. The van der Waals surface area contributed by atoms with Gasteiger partial charge in [-0.05, 0) is 37.1 Å². The van der Waals surface area contributed by atoms with Crippen molar-refractivity contribution in [2.45, 2.75) is 33.0 Å². The molecule has 2 N–H and O–H groups in total. The summed E-state index contributed by atoms with van der Waals surface area (Å²) in [5.41, 5.74) is 9.29. The average Bonchev–Trinajstić information content (AvgIpc) is 2.39. The lowest BCUT2D eigenvalue weighted by Gasteiger charge is -2.26. The Hall–Kier alpha value is -1.80. The number of nitrogens with zero attached hydrogens (tertiary/aromatic N) is 1. The Bertz CT molecular complexity index is 506. The third-order valence-electron chi connectivity index (χ3n) is 3.30. The van der Waals surface area contributed by atoms with E-state index in [1.807, 2.05) is 12.1 Å². The first-order valence-corrected chi connectivity index (χ1v) is 6.77. The zero-order valence-corrected chi connectivity index (χ0v) is 11.7. The second-order valence-electron chi connectivity index (χ2n) is 5.23. The molecule has 0 atom stereocenters. The molecule has 0 heterocycles. The van der Waals surface area contributed by atoms with Gasteiger partial charge in [0, 0.05) is 24.8 Å². The van der Waals surface area contributed by atoms with E-state index in [-0.39, 0.29) is 0 Å². The highest BCUT2D eigenvalue weighted by atomic mass is 15.1. The molecule has 100 valence electrons. The molecule has 0 aliphatic rings. The van der Waals surface area contributed by atoms with Crippen molar-refractivity contribution in [2.75, 3.05) is 5.73 Å². The van der Waals surface area contributed by atoms with Gasteiger partial charge in [0.25, 0.3) is 0 Å². The lowest BCUT2D eigenvalue weighted by atomic mass is 10.1. The quantitative estimate of drug-likeness (QED) is 0.825. The number of benzene rings is 2. The zero-order chi connectivity index (χ0) is 13.7. The van der Waals surface area contributed by atoms with Crippen molar-refractivity contribution in [2.24, 2.45) is 0 Å². The third-order valence-corrected chi connectivity index (χ3v) is 3.30. The number of rotatable bonds is 5. The Labute approximate surface area is 115 Å². The highest BCUT2D eigenvalue weighted by Gasteiger charge is 2.10. The Morgan fingerprint density at radius 2 is 1.53 bits per heavy atom. The molecule has 2 rings (SSSR count). The number of nitrogen functional groups attached to an aromatic ring is 1. The lowest BCUT2D eigenvalue weighted by molar-refractivity contribution is 0.204. The van der Waals surface area contributed by atoms with Crippen LogP contribution in [0.4, 0.5) is 5.69 Å². The molecule has 0 spiro atoms. The van der Waals surface area contributed by atoms with Crippen LogP contribution in [0.3, 0.4) is 0 Å². The lowest BCUT2D eigenvalue weighted by Crippen LogP contribution is -2.29. The summed E-state index contributed by atoms with van der Waals surface area (Å²) in [5.74, 6) is 0. The van der Waals surface area contributed by atoms with Gasteiger partial charge in [-0.25, -0.2) is 0 Å². The van der Waals surface area contributed by atoms with E-state index in [0.717, 1.165) is 18.8 Å². The predicted molar refractivity (Wildman–Crippen MR) is 81.7 cm³/mol. The molecule has 2 nitrogen and oxygen atoms in total. The molecule has 0 aliphatic heterocycles. The molecule has 0 fully saturated rings. The van der Waals surface area contributed by atoms with Crippen molar-refractivity contribution in [3.8, 4) is 0 Å². The topological polar surface area (TPSA) is 29.3 Å². The van der Waals surface area contributed by atoms with E-state index in [9.17, 15) is 0 Å². The molecule has 2 heteroatoms. The van der Waals surface area contributed by atoms with Crippen LogP contribution in [-0.4, -0.2) is 10.9 Å². The van der Waals surface area contributed by atoms with Gasteiger partial charge in [-0.3, -0.25) is 4.90 Å². The Morgan fingerprint density at radius 3 is 2.16 bits per heavy atom. The molecule has 19 heavy (non-hydrogen) atoms. The van der Waals surface area contributed by atoms with Crippen LogP contribution in [0.15, 0.2) is 54.6 Å². The van der Waals surface area contributed by atoms with Crippen molar-refractivity contribution in [3.63, 3.8) is 0 Å². The summed E-state index contributed by atoms with van der Waals surface area (Å²) in [6.07, 6.45) is 0. The molecular formula is C17H22N2. The summed E-state index contributed by atoms with van der Waals surface area (Å²) in [4.78, 5) is 2.45. The van der Waals surface area contributed by atoms with Crippen LogP contribution in [0, 0.1) is 0 Å². The van der Waals surface area contributed by atoms with Crippen LogP contribution in [0.25, 0.3) is 0 Å². The fraction of sp³-hybridized carbons (Fsp3) is 0.294. The van der Waals surface area contributed by atoms with Gasteiger partial charge in [-0.15, -0.1) is 0 Å². The largest absolute Gasteiger partial charge is 0.399 e. The van der Waals surface area contributed by atoms with Crippen molar-refractivity contribution in [1.29, 1.82) is 0 Å². The maximum Gasteiger partial charge on any atom is 0.0317 e. The van der Waals surface area contributed by atoms with Crippen molar-refractivity contribution >= 4 is 5.69 Å². The fourth-order valence-corrected chi connectivity index (χ4v) is 2.16. The predicted octanol–water partition coefficient (Wildman–Crippen LogP) is 3.68. The molecule has 0 unspecified atom stereocenters. The van der Waals surface area contributed by atoms with Crippen LogP contribution >= 0.6 is 0 Å². The van der Waals surface area contributed by atoms with Crippen molar-refractivity contribution in [3.05, 3.63) is 65.7 Å². The molecule has 0 radical (unpaired) electrons. The van der Waals surface area contributed by atoms with E-state index >= 15 is 0 Å². The average molecular weight is 254 g/mol. The Balaban J connectivity index is 2.08. The molecule has 0 aromatic heterocycles. The SMILES string of the molecule is CC(C)N(Cc1ccccc1)Cc1cccc(N)c1. The van der Waals surface area contributed by atoms with Gasteiger partial charge in [0.15, 0.2) is 0 Å². The van der Waals surface area contributed by atoms with Crippen LogP contribution in [-0.2, 0) is 13.1 Å². The van der Waals surface area contributed by atoms with Crippen molar-refractivity contribution in [1.82, 2.24) is 4.90 Å². The normalized spacial score (nSPS) is 11.2. The summed E-state index contributed by atoms with van der Waals surface area (Å²) in [6, 6.07) is 19.2. The standard InChI is InChI=1S/C17H22N2/c1-14(2)19(12-15-7-4-3-5-8-15)13-16-9-6-10-17(18)11-16/h3-11,14H,12-13,18H2,1-2H3. The van der Waals surface area contributed by atoms with Gasteiger partial charge in [0.05, 0.1) is 0 Å². The summed E-state index contributed by atoms with van der Waals surface area (Å²) < 4.78 is 0. The summed E-state index contributed by atoms with van der Waals surface area (Å²) in [7, 11) is 0. The first-order valence-electron chi connectivity index (χ1n) is 6.77. The Morgan fingerprint density at radius 1 is 0.895 bits per heavy atom. The highest BCUT2D eigenvalue weighted by molar-refractivity contribution is 5.40. The van der Waals surface area contributed by atoms with Crippen LogP contribution < -0.4 is 5.73 Å². The second-order valence-corrected chi connectivity index (χ2v) is 5.23. The maximum absolute atomic E-state index is 5.84. The minimum atomic E-state index is 0.502. The molecule has 0 bridgehead atoms. The third kappa shape index (κ3) is 4.11. The van der Waals surface area contributed by atoms with E-state index in [1.54, 1.807) is 0 Å². The van der Waals surface area contributed by atoms with Crippen LogP contribution in [0.2, 0.25) is 0 Å². The van der Waals surface area contributed by atoms with Gasteiger partial charge in [0.2, 0.25) is 0 Å². The molecule has 0 aliphatic carbocycles. The second kappa shape index (κ2) is 6.39. The Kier molecular flexibility index (Phi) is 4.58. The number of hydrogen-bond acceptors (Lipinski definition) is 2. The molecular weight excluding hydrogens is 232 g/mol. The van der Waals surface area contributed by atoms with Gasteiger partial charge in [-0.2, -0.15) is 0 Å². The number of nitrogens with two attached hydrogens (primary N) is 1. The van der Waals surface area contributed by atoms with E-state index in [0.29, 0.717) is 6.04 Å². The van der Waals surface area contributed by atoms with Gasteiger partial charge >= 0.3 is 0 Å². The minimum Gasteiger partial charge on any atom is -0.399 e. The molecule has 2 aromatic carbocycles. The summed E-state index contributed by atoms with van der Waals surface area (Å²) in [6.45, 7) is 6.36. The first-order chi connectivity index (χ1) is 9.15. The zero-order valence-electron chi connectivity index (χ0n) is 11.7.